The van der Waals surface area contributed by atoms with Crippen molar-refractivity contribution in [3.63, 3.8) is 0 Å². The van der Waals surface area contributed by atoms with Crippen LogP contribution in [-0.2, 0) is 14.6 Å². The summed E-state index contributed by atoms with van der Waals surface area (Å²) in [5.41, 5.74) is 5.49. The maximum Gasteiger partial charge on any atom is 0.232 e. The minimum atomic E-state index is -2.97. The smallest absolute Gasteiger partial charge is 0.232 e. The molecular weight excluding hydrogens is 298 g/mol. The van der Waals surface area contributed by atoms with Gasteiger partial charge in [-0.25, -0.2) is 13.4 Å². The third kappa shape index (κ3) is 3.86. The van der Waals surface area contributed by atoms with E-state index in [9.17, 15) is 13.2 Å². The Balaban J connectivity index is 1.87. The monoisotopic (exact) mass is 315 g/mol. The van der Waals surface area contributed by atoms with E-state index in [1.54, 1.807) is 30.3 Å². The number of pyridine rings is 1. The molecular formula is C12H17N3O3S2. The van der Waals surface area contributed by atoms with Gasteiger partial charge >= 0.3 is 0 Å². The molecule has 1 aliphatic heterocycles. The highest BCUT2D eigenvalue weighted by Crippen LogP contribution is 2.20. The minimum absolute atomic E-state index is 0.0728. The molecule has 1 amide bonds. The van der Waals surface area contributed by atoms with Crippen LogP contribution in [0.25, 0.3) is 0 Å². The second-order valence-corrected chi connectivity index (χ2v) is 8.05. The predicted molar refractivity (Wildman–Crippen MR) is 79.2 cm³/mol. The van der Waals surface area contributed by atoms with Crippen LogP contribution in [0.2, 0.25) is 0 Å². The van der Waals surface area contributed by atoms with Crippen LogP contribution in [-0.4, -0.2) is 54.6 Å². The number of carbonyl (C=O) groups excluding carboxylic acids is 1. The standard InChI is InChI=1S/C12H17N3O3S2/c1-15(9-4-5-20(17,18)8-9)12(16)7-19-10-2-3-11(13)14-6-10/h2-3,6,9H,4-5,7-8H2,1H3,(H2,13,14). The zero-order chi connectivity index (χ0) is 14.8. The Morgan fingerprint density at radius 1 is 1.55 bits per heavy atom. The average molecular weight is 315 g/mol. The van der Waals surface area contributed by atoms with Crippen LogP contribution < -0.4 is 5.73 Å². The van der Waals surface area contributed by atoms with Crippen molar-refractivity contribution in [2.24, 2.45) is 0 Å². The van der Waals surface area contributed by atoms with E-state index in [1.165, 1.54) is 11.8 Å². The van der Waals surface area contributed by atoms with Crippen molar-refractivity contribution in [2.45, 2.75) is 17.4 Å². The number of amides is 1. The molecule has 2 N–H and O–H groups in total. The predicted octanol–water partition coefficient (Wildman–Crippen LogP) is 0.401. The summed E-state index contributed by atoms with van der Waals surface area (Å²) in [4.78, 5) is 18.4. The maximum atomic E-state index is 12.0. The van der Waals surface area contributed by atoms with Crippen LogP contribution in [0.15, 0.2) is 23.2 Å². The van der Waals surface area contributed by atoms with Crippen molar-refractivity contribution >= 4 is 33.3 Å². The third-order valence-corrected chi connectivity index (χ3v) is 5.99. The van der Waals surface area contributed by atoms with Gasteiger partial charge in [0.25, 0.3) is 0 Å². The Labute approximate surface area is 122 Å². The van der Waals surface area contributed by atoms with Crippen LogP contribution in [0.5, 0.6) is 0 Å². The molecule has 1 aliphatic rings. The summed E-state index contributed by atoms with van der Waals surface area (Å²) in [6.07, 6.45) is 2.14. The summed E-state index contributed by atoms with van der Waals surface area (Å²) in [6.45, 7) is 0. The fourth-order valence-electron chi connectivity index (χ4n) is 2.01. The molecule has 0 radical (unpaired) electrons. The molecule has 1 atom stereocenters. The van der Waals surface area contributed by atoms with Gasteiger partial charge in [-0.3, -0.25) is 4.79 Å². The van der Waals surface area contributed by atoms with Crippen molar-refractivity contribution < 1.29 is 13.2 Å². The highest BCUT2D eigenvalue weighted by Gasteiger charge is 2.32. The van der Waals surface area contributed by atoms with E-state index in [-0.39, 0.29) is 29.2 Å². The molecule has 1 unspecified atom stereocenters. The van der Waals surface area contributed by atoms with E-state index in [0.29, 0.717) is 12.2 Å². The molecule has 1 saturated heterocycles. The number of nitrogens with two attached hydrogens (primary N) is 1. The van der Waals surface area contributed by atoms with Gasteiger partial charge in [-0.05, 0) is 18.6 Å². The van der Waals surface area contributed by atoms with Crippen molar-refractivity contribution in [3.8, 4) is 0 Å². The summed E-state index contributed by atoms with van der Waals surface area (Å²) >= 11 is 1.37. The Morgan fingerprint density at radius 2 is 2.30 bits per heavy atom. The van der Waals surface area contributed by atoms with E-state index in [0.717, 1.165) is 4.90 Å². The summed E-state index contributed by atoms with van der Waals surface area (Å²) in [6, 6.07) is 3.29. The molecule has 110 valence electrons. The lowest BCUT2D eigenvalue weighted by atomic mass is 10.2. The first kappa shape index (κ1) is 15.1. The molecule has 0 bridgehead atoms. The number of rotatable bonds is 4. The van der Waals surface area contributed by atoms with Crippen molar-refractivity contribution in [3.05, 3.63) is 18.3 Å². The first-order valence-electron chi connectivity index (χ1n) is 6.18. The molecule has 20 heavy (non-hydrogen) atoms. The van der Waals surface area contributed by atoms with Crippen molar-refractivity contribution in [1.82, 2.24) is 9.88 Å². The minimum Gasteiger partial charge on any atom is -0.384 e. The number of nitrogens with zero attached hydrogens (tertiary/aromatic N) is 2. The number of nitrogen functional groups attached to an aromatic ring is 1. The van der Waals surface area contributed by atoms with Crippen LogP contribution in [0.4, 0.5) is 5.82 Å². The lowest BCUT2D eigenvalue weighted by Crippen LogP contribution is -2.38. The zero-order valence-electron chi connectivity index (χ0n) is 11.2. The molecule has 0 spiro atoms. The second-order valence-electron chi connectivity index (χ2n) is 4.77. The number of thioether (sulfide) groups is 1. The molecule has 0 saturated carbocycles. The number of carbonyl (C=O) groups is 1. The fraction of sp³-hybridized carbons (Fsp3) is 0.500. The number of hydrogen-bond acceptors (Lipinski definition) is 6. The van der Waals surface area contributed by atoms with E-state index in [1.807, 2.05) is 0 Å². The molecule has 1 fully saturated rings. The summed E-state index contributed by atoms with van der Waals surface area (Å²) in [5, 5.41) is 0. The first-order valence-corrected chi connectivity index (χ1v) is 8.98. The number of hydrogen-bond donors (Lipinski definition) is 1. The summed E-state index contributed by atoms with van der Waals surface area (Å²) in [7, 11) is -1.31. The van der Waals surface area contributed by atoms with Crippen molar-refractivity contribution in [2.75, 3.05) is 30.0 Å². The highest BCUT2D eigenvalue weighted by molar-refractivity contribution is 8.00. The van der Waals surface area contributed by atoms with Gasteiger partial charge in [0, 0.05) is 24.2 Å². The van der Waals surface area contributed by atoms with Gasteiger partial charge in [0.05, 0.1) is 17.3 Å². The van der Waals surface area contributed by atoms with Gasteiger partial charge in [0.2, 0.25) is 5.91 Å². The van der Waals surface area contributed by atoms with Gasteiger partial charge in [0.1, 0.15) is 5.82 Å². The van der Waals surface area contributed by atoms with Crippen molar-refractivity contribution in [1.29, 1.82) is 0 Å². The third-order valence-electron chi connectivity index (χ3n) is 3.27. The van der Waals surface area contributed by atoms with Crippen LogP contribution in [0, 0.1) is 0 Å². The van der Waals surface area contributed by atoms with E-state index >= 15 is 0 Å². The number of aromatic nitrogens is 1. The average Bonchev–Trinajstić information content (AvgIpc) is 2.77. The molecule has 1 aromatic heterocycles. The molecule has 0 aromatic carbocycles. The lowest BCUT2D eigenvalue weighted by Gasteiger charge is -2.23. The Morgan fingerprint density at radius 3 is 2.85 bits per heavy atom. The van der Waals surface area contributed by atoms with Gasteiger partial charge in [-0.2, -0.15) is 0 Å². The maximum absolute atomic E-state index is 12.0. The van der Waals surface area contributed by atoms with Gasteiger partial charge in [0.15, 0.2) is 9.84 Å². The molecule has 2 heterocycles. The lowest BCUT2D eigenvalue weighted by molar-refractivity contribution is -0.128. The van der Waals surface area contributed by atoms with Crippen LogP contribution in [0.1, 0.15) is 6.42 Å². The van der Waals surface area contributed by atoms with E-state index < -0.39 is 9.84 Å². The molecule has 0 aliphatic carbocycles. The number of sulfone groups is 1. The van der Waals surface area contributed by atoms with Gasteiger partial charge in [-0.1, -0.05) is 0 Å². The van der Waals surface area contributed by atoms with Gasteiger partial charge < -0.3 is 10.6 Å². The topological polar surface area (TPSA) is 93.4 Å². The molecule has 2 rings (SSSR count). The summed E-state index contributed by atoms with van der Waals surface area (Å²) in [5.74, 6) is 0.870. The summed E-state index contributed by atoms with van der Waals surface area (Å²) < 4.78 is 22.8. The highest BCUT2D eigenvalue weighted by atomic mass is 32.2. The zero-order valence-corrected chi connectivity index (χ0v) is 12.8. The quantitative estimate of drug-likeness (QED) is 0.809. The Hall–Kier alpha value is -1.28. The SMILES string of the molecule is CN(C(=O)CSc1ccc(N)nc1)C1CCS(=O)(=O)C1. The Kier molecular flexibility index (Phi) is 4.54. The largest absolute Gasteiger partial charge is 0.384 e. The second kappa shape index (κ2) is 6.01. The van der Waals surface area contributed by atoms with E-state index in [2.05, 4.69) is 4.98 Å². The number of anilines is 1. The Bertz CT molecular complexity index is 586. The molecule has 8 heteroatoms. The first-order chi connectivity index (χ1) is 9.37. The van der Waals surface area contributed by atoms with E-state index in [4.69, 9.17) is 5.73 Å². The normalized spacial score (nSPS) is 20.8. The van der Waals surface area contributed by atoms with Gasteiger partial charge in [-0.15, -0.1) is 11.8 Å². The fourth-order valence-corrected chi connectivity index (χ4v) is 4.57. The van der Waals surface area contributed by atoms with Crippen LogP contribution in [0.3, 0.4) is 0 Å². The molecule has 1 aromatic rings. The molecule has 6 nitrogen and oxygen atoms in total. The van der Waals surface area contributed by atoms with Crippen LogP contribution >= 0.6 is 11.8 Å².